The van der Waals surface area contributed by atoms with Crippen LogP contribution in [-0.2, 0) is 0 Å². The highest BCUT2D eigenvalue weighted by molar-refractivity contribution is 5.71. The molecule has 126 valence electrons. The van der Waals surface area contributed by atoms with Gasteiger partial charge in [-0.3, -0.25) is 0 Å². The summed E-state index contributed by atoms with van der Waals surface area (Å²) >= 11 is 0. The van der Waals surface area contributed by atoms with Crippen LogP contribution < -0.4 is 10.2 Å². The summed E-state index contributed by atoms with van der Waals surface area (Å²) in [4.78, 5) is 9.32. The maximum Gasteiger partial charge on any atom is 0.247 e. The van der Waals surface area contributed by atoms with Gasteiger partial charge in [0.05, 0.1) is 16.9 Å². The summed E-state index contributed by atoms with van der Waals surface area (Å²) in [6.07, 6.45) is 1.89. The Morgan fingerprint density at radius 2 is 1.88 bits per heavy atom. The van der Waals surface area contributed by atoms with Crippen LogP contribution in [0, 0.1) is 11.3 Å². The summed E-state index contributed by atoms with van der Waals surface area (Å²) in [7, 11) is 2.14. The molecule has 1 saturated heterocycles. The van der Waals surface area contributed by atoms with E-state index in [4.69, 9.17) is 0 Å². The van der Waals surface area contributed by atoms with E-state index in [9.17, 15) is 5.26 Å². The first-order valence-electron chi connectivity index (χ1n) is 8.29. The highest BCUT2D eigenvalue weighted by Crippen LogP contribution is 2.24. The van der Waals surface area contributed by atoms with Crippen LogP contribution in [0.15, 0.2) is 42.6 Å². The van der Waals surface area contributed by atoms with Crippen molar-refractivity contribution in [2.45, 2.75) is 0 Å². The highest BCUT2D eigenvalue weighted by atomic mass is 15.4. The number of nitrogens with one attached hydrogen (secondary N) is 1. The molecule has 7 heteroatoms. The lowest BCUT2D eigenvalue weighted by Crippen LogP contribution is -2.44. The Balaban J connectivity index is 1.66. The van der Waals surface area contributed by atoms with Crippen LogP contribution in [0.2, 0.25) is 0 Å². The van der Waals surface area contributed by atoms with Crippen molar-refractivity contribution in [1.82, 2.24) is 19.5 Å². The third kappa shape index (κ3) is 2.99. The lowest BCUT2D eigenvalue weighted by atomic mass is 10.2. The fourth-order valence-corrected chi connectivity index (χ4v) is 3.05. The lowest BCUT2D eigenvalue weighted by Gasteiger charge is -2.33. The van der Waals surface area contributed by atoms with Crippen LogP contribution in [0.4, 0.5) is 17.3 Å². The maximum atomic E-state index is 9.23. The van der Waals surface area contributed by atoms with Gasteiger partial charge in [0.25, 0.3) is 0 Å². The zero-order valence-corrected chi connectivity index (χ0v) is 14.1. The molecule has 0 radical (unpaired) electrons. The van der Waals surface area contributed by atoms with Gasteiger partial charge in [0.1, 0.15) is 6.07 Å². The van der Waals surface area contributed by atoms with Crippen molar-refractivity contribution in [3.8, 4) is 6.07 Å². The number of piperazine rings is 1. The summed E-state index contributed by atoms with van der Waals surface area (Å²) in [6, 6.07) is 13.6. The normalized spacial score (nSPS) is 15.3. The molecule has 4 rings (SSSR count). The van der Waals surface area contributed by atoms with E-state index < -0.39 is 0 Å². The fraction of sp³-hybridized carbons (Fsp3) is 0.278. The van der Waals surface area contributed by atoms with Crippen molar-refractivity contribution in [1.29, 1.82) is 5.26 Å². The Bertz CT molecular complexity index is 932. The third-order valence-electron chi connectivity index (χ3n) is 4.48. The fourth-order valence-electron chi connectivity index (χ4n) is 3.05. The Kier molecular flexibility index (Phi) is 3.96. The SMILES string of the molecule is CN1CCN(c2cccn3nc(Nc4ccccc4C#N)nc23)CC1. The van der Waals surface area contributed by atoms with Gasteiger partial charge in [0, 0.05) is 32.4 Å². The van der Waals surface area contributed by atoms with E-state index in [1.165, 1.54) is 0 Å². The van der Waals surface area contributed by atoms with Crippen LogP contribution in [0.3, 0.4) is 0 Å². The molecule has 0 spiro atoms. The summed E-state index contributed by atoms with van der Waals surface area (Å²) in [5, 5.41) is 16.9. The summed E-state index contributed by atoms with van der Waals surface area (Å²) in [5.74, 6) is 0.490. The number of pyridine rings is 1. The predicted octanol–water partition coefficient (Wildman–Crippen LogP) is 2.10. The second kappa shape index (κ2) is 6.42. The predicted molar refractivity (Wildman–Crippen MR) is 97.1 cm³/mol. The molecule has 0 amide bonds. The molecule has 0 saturated carbocycles. The van der Waals surface area contributed by atoms with E-state index in [1.54, 1.807) is 10.6 Å². The quantitative estimate of drug-likeness (QED) is 0.791. The number of nitriles is 1. The summed E-state index contributed by atoms with van der Waals surface area (Å²) < 4.78 is 1.78. The number of hydrogen-bond donors (Lipinski definition) is 1. The van der Waals surface area contributed by atoms with E-state index >= 15 is 0 Å². The summed E-state index contributed by atoms with van der Waals surface area (Å²) in [6.45, 7) is 4.03. The maximum absolute atomic E-state index is 9.23. The molecule has 0 unspecified atom stereocenters. The first-order valence-corrected chi connectivity index (χ1v) is 8.29. The zero-order chi connectivity index (χ0) is 17.2. The molecule has 3 heterocycles. The van der Waals surface area contributed by atoms with E-state index in [1.807, 2.05) is 30.5 Å². The van der Waals surface area contributed by atoms with Gasteiger partial charge in [0.2, 0.25) is 5.95 Å². The van der Waals surface area contributed by atoms with Crippen molar-refractivity contribution in [3.63, 3.8) is 0 Å². The molecule has 7 nitrogen and oxygen atoms in total. The monoisotopic (exact) mass is 333 g/mol. The van der Waals surface area contributed by atoms with Crippen LogP contribution in [0.1, 0.15) is 5.56 Å². The molecule has 25 heavy (non-hydrogen) atoms. The first-order chi connectivity index (χ1) is 12.2. The molecule has 0 atom stereocenters. The Morgan fingerprint density at radius 3 is 2.68 bits per heavy atom. The molecule has 2 aromatic heterocycles. The first kappa shape index (κ1) is 15.4. The molecular weight excluding hydrogens is 314 g/mol. The minimum absolute atomic E-state index is 0.490. The van der Waals surface area contributed by atoms with Gasteiger partial charge < -0.3 is 15.1 Å². The third-order valence-corrected chi connectivity index (χ3v) is 4.48. The van der Waals surface area contributed by atoms with E-state index in [2.05, 4.69) is 44.4 Å². The Labute approximate surface area is 146 Å². The highest BCUT2D eigenvalue weighted by Gasteiger charge is 2.18. The topological polar surface area (TPSA) is 72.5 Å². The largest absolute Gasteiger partial charge is 0.366 e. The van der Waals surface area contributed by atoms with Gasteiger partial charge in [-0.05, 0) is 31.3 Å². The molecule has 3 aromatic rings. The number of anilines is 3. The molecule has 1 N–H and O–H groups in total. The van der Waals surface area contributed by atoms with Crippen molar-refractivity contribution < 1.29 is 0 Å². The van der Waals surface area contributed by atoms with E-state index in [0.29, 0.717) is 17.2 Å². The number of rotatable bonds is 3. The van der Waals surface area contributed by atoms with Gasteiger partial charge in [-0.2, -0.15) is 10.2 Å². The van der Waals surface area contributed by atoms with Gasteiger partial charge in [-0.1, -0.05) is 12.1 Å². The molecule has 1 aliphatic heterocycles. The number of fused-ring (bicyclic) bond motifs is 1. The summed E-state index contributed by atoms with van der Waals surface area (Å²) in [5.41, 5.74) is 3.19. The van der Waals surface area contributed by atoms with Crippen LogP contribution >= 0.6 is 0 Å². The lowest BCUT2D eigenvalue weighted by molar-refractivity contribution is 0.313. The van der Waals surface area contributed by atoms with Crippen LogP contribution in [0.25, 0.3) is 5.65 Å². The van der Waals surface area contributed by atoms with Crippen molar-refractivity contribution in [2.24, 2.45) is 0 Å². The number of benzene rings is 1. The van der Waals surface area contributed by atoms with Crippen LogP contribution in [-0.4, -0.2) is 52.7 Å². The van der Waals surface area contributed by atoms with E-state index in [-0.39, 0.29) is 0 Å². The van der Waals surface area contributed by atoms with E-state index in [0.717, 1.165) is 37.5 Å². The minimum Gasteiger partial charge on any atom is -0.366 e. The van der Waals surface area contributed by atoms with Gasteiger partial charge in [0.15, 0.2) is 5.65 Å². The van der Waals surface area contributed by atoms with Gasteiger partial charge in [-0.15, -0.1) is 5.10 Å². The number of nitrogens with zero attached hydrogens (tertiary/aromatic N) is 6. The molecular formula is C18H19N7. The van der Waals surface area contributed by atoms with Crippen molar-refractivity contribution in [3.05, 3.63) is 48.2 Å². The zero-order valence-electron chi connectivity index (χ0n) is 14.1. The number of aromatic nitrogens is 3. The van der Waals surface area contributed by atoms with Crippen LogP contribution in [0.5, 0.6) is 0 Å². The second-order valence-corrected chi connectivity index (χ2v) is 6.17. The standard InChI is InChI=1S/C18H19N7/c1-23-9-11-24(12-10-23)16-7-4-8-25-17(16)21-18(22-25)20-15-6-3-2-5-14(15)13-19/h2-8H,9-12H2,1H3,(H,20,22). The van der Waals surface area contributed by atoms with Gasteiger partial charge in [-0.25, -0.2) is 4.52 Å². The number of para-hydroxylation sites is 1. The minimum atomic E-state index is 0.490. The molecule has 1 aliphatic rings. The van der Waals surface area contributed by atoms with Gasteiger partial charge >= 0.3 is 0 Å². The number of hydrogen-bond acceptors (Lipinski definition) is 6. The Morgan fingerprint density at radius 1 is 1.08 bits per heavy atom. The Hall–Kier alpha value is -3.11. The van der Waals surface area contributed by atoms with Crippen molar-refractivity contribution in [2.75, 3.05) is 43.4 Å². The average molecular weight is 333 g/mol. The molecule has 0 bridgehead atoms. The number of likely N-dealkylation sites (N-methyl/N-ethyl adjacent to an activating group) is 1. The molecule has 1 fully saturated rings. The van der Waals surface area contributed by atoms with Crippen molar-refractivity contribution >= 4 is 23.0 Å². The second-order valence-electron chi connectivity index (χ2n) is 6.17. The average Bonchev–Trinajstić information content (AvgIpc) is 3.05. The smallest absolute Gasteiger partial charge is 0.247 e. The molecule has 1 aromatic carbocycles. The molecule has 0 aliphatic carbocycles.